The van der Waals surface area contributed by atoms with Crippen molar-refractivity contribution in [2.24, 2.45) is 0 Å². The van der Waals surface area contributed by atoms with E-state index >= 15 is 0 Å². The van der Waals surface area contributed by atoms with Crippen molar-refractivity contribution in [2.45, 2.75) is 16.9 Å². The molecule has 0 aliphatic heterocycles. The van der Waals surface area contributed by atoms with Crippen molar-refractivity contribution >= 4 is 11.8 Å². The van der Waals surface area contributed by atoms with Crippen LogP contribution in [0.2, 0.25) is 0 Å². The average Bonchev–Trinajstić information content (AvgIpc) is 2.49. The molecule has 0 N–H and O–H groups in total. The summed E-state index contributed by atoms with van der Waals surface area (Å²) in [5, 5.41) is 0. The summed E-state index contributed by atoms with van der Waals surface area (Å²) in [5.41, 5.74) is 2.25. The van der Waals surface area contributed by atoms with E-state index in [2.05, 4.69) is 23.2 Å². The minimum atomic E-state index is -0.294. The van der Waals surface area contributed by atoms with Crippen molar-refractivity contribution < 1.29 is 9.47 Å². The summed E-state index contributed by atoms with van der Waals surface area (Å²) in [6.45, 7) is 0. The third kappa shape index (κ3) is 4.06. The van der Waals surface area contributed by atoms with Gasteiger partial charge in [-0.05, 0) is 23.8 Å². The van der Waals surface area contributed by atoms with E-state index in [4.69, 9.17) is 9.47 Å². The van der Waals surface area contributed by atoms with E-state index in [-0.39, 0.29) is 6.29 Å². The Kier molecular flexibility index (Phi) is 5.39. The van der Waals surface area contributed by atoms with Crippen LogP contribution in [-0.4, -0.2) is 19.2 Å². The Bertz CT molecular complexity index is 483. The van der Waals surface area contributed by atoms with Crippen LogP contribution in [0.4, 0.5) is 0 Å². The quantitative estimate of drug-likeness (QED) is 0.594. The van der Waals surface area contributed by atoms with Crippen molar-refractivity contribution in [3.05, 3.63) is 59.9 Å². The second-order valence-electron chi connectivity index (χ2n) is 4.02. The Morgan fingerprint density at radius 1 is 1.11 bits per heavy atom. The number of methoxy groups -OCH3 is 2. The van der Waals surface area contributed by atoms with Gasteiger partial charge < -0.3 is 9.47 Å². The van der Waals surface area contributed by atoms with Crippen LogP contribution in [0.25, 0.3) is 0 Å². The minimum absolute atomic E-state index is 0.294. The van der Waals surface area contributed by atoms with Gasteiger partial charge in [-0.3, -0.25) is 4.98 Å². The number of rotatable bonds is 6. The van der Waals surface area contributed by atoms with Gasteiger partial charge in [0.25, 0.3) is 0 Å². The molecule has 0 amide bonds. The van der Waals surface area contributed by atoms with Crippen molar-refractivity contribution in [2.75, 3.05) is 14.2 Å². The smallest absolute Gasteiger partial charge is 0.183 e. The Morgan fingerprint density at radius 2 is 1.84 bits per heavy atom. The van der Waals surface area contributed by atoms with Crippen LogP contribution < -0.4 is 0 Å². The molecule has 100 valence electrons. The standard InChI is InChI=1S/C15H17NO2S/c1-17-15(18-2)13-5-7-14(8-6-13)19-11-12-4-3-9-16-10-12/h3-10,15H,11H2,1-2H3. The highest BCUT2D eigenvalue weighted by atomic mass is 32.2. The monoisotopic (exact) mass is 275 g/mol. The fraction of sp³-hybridized carbons (Fsp3) is 0.267. The molecule has 1 heterocycles. The molecule has 2 rings (SSSR count). The lowest BCUT2D eigenvalue weighted by Crippen LogP contribution is -2.02. The lowest BCUT2D eigenvalue weighted by molar-refractivity contribution is -0.106. The fourth-order valence-corrected chi connectivity index (χ4v) is 2.57. The molecule has 0 radical (unpaired) electrons. The highest BCUT2D eigenvalue weighted by molar-refractivity contribution is 7.98. The molecule has 0 bridgehead atoms. The largest absolute Gasteiger partial charge is 0.352 e. The maximum atomic E-state index is 5.22. The molecule has 0 spiro atoms. The molecule has 3 nitrogen and oxygen atoms in total. The molecular weight excluding hydrogens is 258 g/mol. The summed E-state index contributed by atoms with van der Waals surface area (Å²) >= 11 is 1.79. The average molecular weight is 275 g/mol. The highest BCUT2D eigenvalue weighted by Gasteiger charge is 2.08. The molecule has 0 saturated carbocycles. The molecule has 0 aliphatic rings. The molecule has 0 unspecified atom stereocenters. The van der Waals surface area contributed by atoms with Gasteiger partial charge >= 0.3 is 0 Å². The van der Waals surface area contributed by atoms with Gasteiger partial charge in [-0.2, -0.15) is 0 Å². The Labute approximate surface area is 118 Å². The lowest BCUT2D eigenvalue weighted by atomic mass is 10.2. The fourth-order valence-electron chi connectivity index (χ4n) is 1.74. The zero-order valence-electron chi connectivity index (χ0n) is 11.1. The summed E-state index contributed by atoms with van der Waals surface area (Å²) in [4.78, 5) is 5.33. The van der Waals surface area contributed by atoms with Gasteiger partial charge in [0, 0.05) is 42.8 Å². The summed E-state index contributed by atoms with van der Waals surface area (Å²) in [6, 6.07) is 12.3. The van der Waals surface area contributed by atoms with Gasteiger partial charge in [-0.25, -0.2) is 0 Å². The van der Waals surface area contributed by atoms with Crippen LogP contribution in [0.5, 0.6) is 0 Å². The first kappa shape index (κ1) is 14.1. The molecular formula is C15H17NO2S. The maximum absolute atomic E-state index is 5.22. The maximum Gasteiger partial charge on any atom is 0.183 e. The number of benzene rings is 1. The molecule has 1 aromatic carbocycles. The van der Waals surface area contributed by atoms with Crippen molar-refractivity contribution in [3.63, 3.8) is 0 Å². The third-order valence-electron chi connectivity index (χ3n) is 2.71. The van der Waals surface area contributed by atoms with Crippen LogP contribution >= 0.6 is 11.8 Å². The van der Waals surface area contributed by atoms with Crippen LogP contribution in [0.1, 0.15) is 17.4 Å². The number of hydrogen-bond donors (Lipinski definition) is 0. The highest BCUT2D eigenvalue weighted by Crippen LogP contribution is 2.25. The molecule has 0 atom stereocenters. The Morgan fingerprint density at radius 3 is 2.42 bits per heavy atom. The van der Waals surface area contributed by atoms with Gasteiger partial charge in [-0.1, -0.05) is 18.2 Å². The normalized spacial score (nSPS) is 10.9. The predicted molar refractivity (Wildman–Crippen MR) is 77.0 cm³/mol. The molecule has 4 heteroatoms. The first-order valence-electron chi connectivity index (χ1n) is 6.00. The SMILES string of the molecule is COC(OC)c1ccc(SCc2cccnc2)cc1. The topological polar surface area (TPSA) is 31.4 Å². The van der Waals surface area contributed by atoms with Crippen molar-refractivity contribution in [3.8, 4) is 0 Å². The van der Waals surface area contributed by atoms with E-state index in [1.54, 1.807) is 32.2 Å². The summed E-state index contributed by atoms with van der Waals surface area (Å²) in [7, 11) is 3.28. The molecule has 0 saturated heterocycles. The van der Waals surface area contributed by atoms with Crippen LogP contribution in [0.3, 0.4) is 0 Å². The van der Waals surface area contributed by atoms with E-state index in [0.717, 1.165) is 11.3 Å². The van der Waals surface area contributed by atoms with E-state index < -0.39 is 0 Å². The molecule has 0 aliphatic carbocycles. The summed E-state index contributed by atoms with van der Waals surface area (Å²) in [5.74, 6) is 0.922. The lowest BCUT2D eigenvalue weighted by Gasteiger charge is -2.13. The zero-order chi connectivity index (χ0) is 13.5. The van der Waals surface area contributed by atoms with Gasteiger partial charge in [0.2, 0.25) is 0 Å². The van der Waals surface area contributed by atoms with Gasteiger partial charge in [0.1, 0.15) is 0 Å². The van der Waals surface area contributed by atoms with Crippen molar-refractivity contribution in [1.29, 1.82) is 0 Å². The van der Waals surface area contributed by atoms with E-state index in [0.29, 0.717) is 0 Å². The molecule has 19 heavy (non-hydrogen) atoms. The van der Waals surface area contributed by atoms with Gasteiger partial charge in [0.15, 0.2) is 6.29 Å². The molecule has 0 fully saturated rings. The first-order chi connectivity index (χ1) is 9.33. The number of hydrogen-bond acceptors (Lipinski definition) is 4. The predicted octanol–water partition coefficient (Wildman–Crippen LogP) is 3.67. The third-order valence-corrected chi connectivity index (χ3v) is 3.79. The zero-order valence-corrected chi connectivity index (χ0v) is 11.9. The van der Waals surface area contributed by atoms with E-state index in [1.165, 1.54) is 10.5 Å². The number of aromatic nitrogens is 1. The molecule has 2 aromatic rings. The second kappa shape index (κ2) is 7.28. The number of pyridine rings is 1. The Balaban J connectivity index is 1.95. The summed E-state index contributed by atoms with van der Waals surface area (Å²) in [6.07, 6.45) is 3.39. The summed E-state index contributed by atoms with van der Waals surface area (Å²) < 4.78 is 10.4. The second-order valence-corrected chi connectivity index (χ2v) is 5.07. The minimum Gasteiger partial charge on any atom is -0.352 e. The van der Waals surface area contributed by atoms with Gasteiger partial charge in [-0.15, -0.1) is 11.8 Å². The van der Waals surface area contributed by atoms with Crippen LogP contribution in [0.15, 0.2) is 53.7 Å². The van der Waals surface area contributed by atoms with Crippen LogP contribution in [-0.2, 0) is 15.2 Å². The van der Waals surface area contributed by atoms with Gasteiger partial charge in [0.05, 0.1) is 0 Å². The number of nitrogens with zero attached hydrogens (tertiary/aromatic N) is 1. The Hall–Kier alpha value is -1.36. The number of ether oxygens (including phenoxy) is 2. The number of thioether (sulfide) groups is 1. The molecule has 1 aromatic heterocycles. The van der Waals surface area contributed by atoms with Crippen molar-refractivity contribution in [1.82, 2.24) is 4.98 Å². The first-order valence-corrected chi connectivity index (χ1v) is 6.99. The van der Waals surface area contributed by atoms with E-state index in [1.807, 2.05) is 24.4 Å². The van der Waals surface area contributed by atoms with Crippen LogP contribution in [0, 0.1) is 0 Å². The van der Waals surface area contributed by atoms with E-state index in [9.17, 15) is 0 Å².